The van der Waals surface area contributed by atoms with Gasteiger partial charge in [-0.15, -0.1) is 0 Å². The lowest BCUT2D eigenvalue weighted by atomic mass is 9.83. The van der Waals surface area contributed by atoms with E-state index in [9.17, 15) is 19.7 Å². The van der Waals surface area contributed by atoms with Crippen LogP contribution in [0, 0.1) is 16.0 Å². The van der Waals surface area contributed by atoms with Gasteiger partial charge in [0.05, 0.1) is 28.8 Å². The van der Waals surface area contributed by atoms with E-state index in [0.29, 0.717) is 5.92 Å². The number of nitro benzene ring substituents is 1. The van der Waals surface area contributed by atoms with Gasteiger partial charge >= 0.3 is 6.16 Å². The van der Waals surface area contributed by atoms with E-state index in [-0.39, 0.29) is 40.7 Å². The van der Waals surface area contributed by atoms with Gasteiger partial charge in [0.1, 0.15) is 11.9 Å². The fraction of sp³-hybridized carbons (Fsp3) is 0.562. The van der Waals surface area contributed by atoms with Gasteiger partial charge in [0.2, 0.25) is 5.91 Å². The Morgan fingerprint density at radius 3 is 2.50 bits per heavy atom. The second-order valence-corrected chi connectivity index (χ2v) is 12.3. The Morgan fingerprint density at radius 2 is 1.86 bits per heavy atom. The number of nitrogens with one attached hydrogen (secondary N) is 1. The Labute approximate surface area is 247 Å². The summed E-state index contributed by atoms with van der Waals surface area (Å²) in [6.07, 6.45) is 14.8. The Bertz CT molecular complexity index is 1200. The first-order chi connectivity index (χ1) is 19.9. The number of carbonyl (C=O) groups excluding carboxylic acids is 2. The minimum absolute atomic E-state index is 0.0248. The molecule has 1 aromatic rings. The van der Waals surface area contributed by atoms with E-state index in [1.54, 1.807) is 6.92 Å². The molecule has 0 radical (unpaired) electrons. The van der Waals surface area contributed by atoms with Crippen molar-refractivity contribution in [3.8, 4) is 5.75 Å². The van der Waals surface area contributed by atoms with Crippen molar-refractivity contribution in [1.82, 2.24) is 5.32 Å². The lowest BCUT2D eigenvalue weighted by Gasteiger charge is -2.38. The lowest BCUT2D eigenvalue weighted by Crippen LogP contribution is -2.43. The maximum Gasteiger partial charge on any atom is 0.514 e. The summed E-state index contributed by atoms with van der Waals surface area (Å²) in [5.74, 6) is 0.488. The molecule has 0 bridgehead atoms. The maximum absolute atomic E-state index is 12.4. The average molecular weight is 583 g/mol. The van der Waals surface area contributed by atoms with Crippen molar-refractivity contribution in [2.45, 2.75) is 102 Å². The molecule has 3 fully saturated rings. The Kier molecular flexibility index (Phi) is 10.2. The van der Waals surface area contributed by atoms with Crippen LogP contribution >= 0.6 is 0 Å². The molecule has 1 saturated carbocycles. The van der Waals surface area contributed by atoms with Gasteiger partial charge < -0.3 is 24.3 Å². The first-order valence-electron chi connectivity index (χ1n) is 14.7. The molecule has 10 heteroatoms. The molecule has 1 N–H and O–H groups in total. The topological polar surface area (TPSA) is 130 Å². The minimum Gasteiger partial charge on any atom is -0.427 e. The molecule has 228 valence electrons. The van der Waals surface area contributed by atoms with Crippen molar-refractivity contribution in [1.29, 1.82) is 0 Å². The minimum atomic E-state index is -0.966. The summed E-state index contributed by atoms with van der Waals surface area (Å²) >= 11 is 0. The zero-order chi connectivity index (χ0) is 30.3. The highest BCUT2D eigenvalue weighted by molar-refractivity contribution is 5.87. The number of hydrogen-bond acceptors (Lipinski definition) is 8. The standard InChI is InChI=1S/C32H42N2O8/c1-22(6-15-28-19-32(21-39-32)20-31(3,4)42-28)5-8-24-9-11-25(12-10-24)33-29(35)18-7-23(2)40-30(36)41-27-16-13-26(14-17-27)34(37)38/h5-7,13-18,23-25,28H,8-12,19-21H2,1-4H3,(H,33,35)/b15-6+,18-7-,22-5+/t23-,24?,25?,28+,32+/m0/s1. The average Bonchev–Trinajstić information content (AvgIpc) is 3.66. The number of carbonyl (C=O) groups is 2. The highest BCUT2D eigenvalue weighted by Gasteiger charge is 2.53. The maximum atomic E-state index is 12.4. The van der Waals surface area contributed by atoms with Crippen LogP contribution in [0.5, 0.6) is 5.75 Å². The molecular weight excluding hydrogens is 540 g/mol. The number of nitro groups is 1. The first kappa shape index (κ1) is 31.4. The van der Waals surface area contributed by atoms with Crippen LogP contribution in [-0.2, 0) is 19.0 Å². The number of epoxide rings is 1. The molecule has 0 unspecified atom stereocenters. The SMILES string of the molecule is CC(/C=C/[C@@H]1C[C@]2(CO2)CC(C)(C)O1)=C\CC1CCC(NC(=O)/C=C\[C@H](C)OC(=O)Oc2ccc([N+](=O)[O-])cc2)CC1. The quantitative estimate of drug-likeness (QED) is 0.0643. The van der Waals surface area contributed by atoms with E-state index in [1.165, 1.54) is 42.0 Å². The molecule has 1 amide bonds. The molecule has 2 saturated heterocycles. The highest BCUT2D eigenvalue weighted by atomic mass is 16.7. The van der Waals surface area contributed by atoms with Gasteiger partial charge in [-0.3, -0.25) is 14.9 Å². The molecule has 10 nitrogen and oxygen atoms in total. The van der Waals surface area contributed by atoms with E-state index < -0.39 is 17.2 Å². The third kappa shape index (κ3) is 9.80. The van der Waals surface area contributed by atoms with E-state index >= 15 is 0 Å². The summed E-state index contributed by atoms with van der Waals surface area (Å²) in [6.45, 7) is 8.85. The molecule has 4 rings (SSSR count). The van der Waals surface area contributed by atoms with Crippen molar-refractivity contribution >= 4 is 17.7 Å². The molecule has 1 aliphatic carbocycles. The second kappa shape index (κ2) is 13.6. The van der Waals surface area contributed by atoms with E-state index in [1.807, 2.05) is 0 Å². The Balaban J connectivity index is 1.12. The predicted octanol–water partition coefficient (Wildman–Crippen LogP) is 6.35. The van der Waals surface area contributed by atoms with E-state index in [4.69, 9.17) is 18.9 Å². The molecule has 2 heterocycles. The number of amides is 1. The molecule has 3 atom stereocenters. The third-order valence-corrected chi connectivity index (χ3v) is 7.93. The van der Waals surface area contributed by atoms with Gasteiger partial charge in [-0.25, -0.2) is 4.79 Å². The number of non-ortho nitro benzene ring substituents is 1. The number of benzene rings is 1. The number of ether oxygens (including phenoxy) is 4. The second-order valence-electron chi connectivity index (χ2n) is 12.3. The predicted molar refractivity (Wildman–Crippen MR) is 157 cm³/mol. The summed E-state index contributed by atoms with van der Waals surface area (Å²) < 4.78 is 22.1. The van der Waals surface area contributed by atoms with Gasteiger partial charge in [0.25, 0.3) is 5.69 Å². The van der Waals surface area contributed by atoms with Crippen LogP contribution in [0.2, 0.25) is 0 Å². The molecule has 1 spiro atoms. The Hall–Kier alpha value is -3.50. The molecular formula is C32H42N2O8. The van der Waals surface area contributed by atoms with Crippen molar-refractivity contribution in [2.75, 3.05) is 6.61 Å². The van der Waals surface area contributed by atoms with Crippen LogP contribution in [0.25, 0.3) is 0 Å². The van der Waals surface area contributed by atoms with Crippen molar-refractivity contribution in [3.63, 3.8) is 0 Å². The van der Waals surface area contributed by atoms with Gasteiger partial charge in [-0.1, -0.05) is 23.8 Å². The van der Waals surface area contributed by atoms with Crippen LogP contribution in [0.15, 0.2) is 60.2 Å². The normalized spacial score (nSPS) is 28.0. The van der Waals surface area contributed by atoms with Crippen LogP contribution in [0.4, 0.5) is 10.5 Å². The summed E-state index contributed by atoms with van der Waals surface area (Å²) in [6, 6.07) is 5.20. The highest BCUT2D eigenvalue weighted by Crippen LogP contribution is 2.46. The number of hydrogen-bond donors (Lipinski definition) is 1. The van der Waals surface area contributed by atoms with Crippen molar-refractivity contribution < 1.29 is 33.5 Å². The zero-order valence-corrected chi connectivity index (χ0v) is 24.9. The third-order valence-electron chi connectivity index (χ3n) is 7.93. The van der Waals surface area contributed by atoms with E-state index in [2.05, 4.69) is 44.3 Å². The molecule has 2 aliphatic heterocycles. The van der Waals surface area contributed by atoms with Crippen LogP contribution in [0.1, 0.15) is 72.6 Å². The summed E-state index contributed by atoms with van der Waals surface area (Å²) in [5.41, 5.74) is 0.987. The fourth-order valence-electron chi connectivity index (χ4n) is 5.78. The molecule has 3 aliphatic rings. The number of nitrogens with zero attached hydrogens (tertiary/aromatic N) is 1. The zero-order valence-electron chi connectivity index (χ0n) is 24.9. The van der Waals surface area contributed by atoms with Crippen LogP contribution < -0.4 is 10.1 Å². The summed E-state index contributed by atoms with van der Waals surface area (Å²) in [4.78, 5) is 34.5. The van der Waals surface area contributed by atoms with Gasteiger partial charge in [0.15, 0.2) is 0 Å². The van der Waals surface area contributed by atoms with Crippen molar-refractivity contribution in [3.05, 3.63) is 70.3 Å². The molecule has 0 aromatic heterocycles. The largest absolute Gasteiger partial charge is 0.514 e. The summed E-state index contributed by atoms with van der Waals surface area (Å²) in [7, 11) is 0. The van der Waals surface area contributed by atoms with Crippen LogP contribution in [-0.4, -0.2) is 53.0 Å². The molecule has 42 heavy (non-hydrogen) atoms. The smallest absolute Gasteiger partial charge is 0.427 e. The van der Waals surface area contributed by atoms with Crippen molar-refractivity contribution in [2.24, 2.45) is 5.92 Å². The van der Waals surface area contributed by atoms with Gasteiger partial charge in [0, 0.05) is 37.1 Å². The number of allylic oxidation sites excluding steroid dienone is 3. The Morgan fingerprint density at radius 1 is 1.17 bits per heavy atom. The fourth-order valence-corrected chi connectivity index (χ4v) is 5.78. The van der Waals surface area contributed by atoms with E-state index in [0.717, 1.165) is 51.6 Å². The first-order valence-corrected chi connectivity index (χ1v) is 14.7. The number of rotatable bonds is 10. The van der Waals surface area contributed by atoms with Gasteiger partial charge in [-0.05, 0) is 83.9 Å². The lowest BCUT2D eigenvalue weighted by molar-refractivity contribution is -0.384. The van der Waals surface area contributed by atoms with Gasteiger partial charge in [-0.2, -0.15) is 0 Å². The molecule has 1 aromatic carbocycles. The monoisotopic (exact) mass is 582 g/mol. The van der Waals surface area contributed by atoms with Crippen LogP contribution in [0.3, 0.4) is 0 Å². The summed E-state index contributed by atoms with van der Waals surface area (Å²) in [5, 5.41) is 13.7.